The second-order valence-electron chi connectivity index (χ2n) is 18.0. The van der Waals surface area contributed by atoms with Crippen LogP contribution >= 0.6 is 0 Å². The Hall–Kier alpha value is -0.790. The summed E-state index contributed by atoms with van der Waals surface area (Å²) >= 11 is 0. The van der Waals surface area contributed by atoms with Crippen LogP contribution in [0.2, 0.25) is 0 Å². The third-order valence-electron chi connectivity index (χ3n) is 12.6. The van der Waals surface area contributed by atoms with Crippen molar-refractivity contribution < 1.29 is 4.57 Å². The maximum Gasteiger partial charge on any atom is 0.256 e. The summed E-state index contributed by atoms with van der Waals surface area (Å²) in [4.78, 5) is 0. The molecule has 1 aromatic heterocycles. The summed E-state index contributed by atoms with van der Waals surface area (Å²) in [5, 5.41) is 0. The van der Waals surface area contributed by atoms with Gasteiger partial charge in [0.25, 0.3) is 5.82 Å². The molecule has 0 aromatic carbocycles. The zero-order valence-corrected chi connectivity index (χ0v) is 38.1. The van der Waals surface area contributed by atoms with E-state index in [9.17, 15) is 0 Å². The van der Waals surface area contributed by atoms with E-state index in [1.807, 2.05) is 0 Å². The topological polar surface area (TPSA) is 8.81 Å². The van der Waals surface area contributed by atoms with Gasteiger partial charge < -0.3 is 0 Å². The Labute approximate surface area is 342 Å². The molecule has 2 nitrogen and oxygen atoms in total. The molecule has 0 amide bonds. The highest BCUT2D eigenvalue weighted by atomic mass is 15.1. The Morgan fingerprint density at radius 3 is 0.889 bits per heavy atom. The smallest absolute Gasteiger partial charge is 0.234 e. The van der Waals surface area contributed by atoms with Crippen molar-refractivity contribution in [3.63, 3.8) is 0 Å². The average molecular weight is 756 g/mol. The molecule has 1 aromatic rings. The molecule has 0 fully saturated rings. The second-order valence-corrected chi connectivity index (χ2v) is 18.0. The van der Waals surface area contributed by atoms with E-state index in [0.29, 0.717) is 0 Å². The predicted molar refractivity (Wildman–Crippen MR) is 244 cm³/mol. The van der Waals surface area contributed by atoms with Gasteiger partial charge in [-0.1, -0.05) is 265 Å². The van der Waals surface area contributed by atoms with Gasteiger partial charge in [0.2, 0.25) is 0 Å². The highest BCUT2D eigenvalue weighted by Gasteiger charge is 2.16. The van der Waals surface area contributed by atoms with Crippen LogP contribution < -0.4 is 4.57 Å². The van der Waals surface area contributed by atoms with Gasteiger partial charge in [-0.05, 0) is 32.1 Å². The van der Waals surface area contributed by atoms with Gasteiger partial charge in [-0.25, -0.2) is 9.13 Å². The van der Waals surface area contributed by atoms with Gasteiger partial charge in [0.1, 0.15) is 12.4 Å². The molecule has 0 bridgehead atoms. The number of imidazole rings is 1. The molecule has 1 heterocycles. The molecule has 0 N–H and O–H groups in total. The molecule has 54 heavy (non-hydrogen) atoms. The van der Waals surface area contributed by atoms with Crippen molar-refractivity contribution in [1.29, 1.82) is 0 Å². The van der Waals surface area contributed by atoms with Crippen molar-refractivity contribution in [2.24, 2.45) is 0 Å². The Morgan fingerprint density at radius 2 is 0.574 bits per heavy atom. The van der Waals surface area contributed by atoms with Crippen LogP contribution in [0, 0.1) is 0 Å². The number of aromatic nitrogens is 2. The number of unbranched alkanes of at least 4 members (excludes halogenated alkanes) is 40. The highest BCUT2D eigenvalue weighted by molar-refractivity contribution is 4.84. The van der Waals surface area contributed by atoms with Crippen molar-refractivity contribution in [1.82, 2.24) is 4.57 Å². The van der Waals surface area contributed by atoms with Gasteiger partial charge in [-0.2, -0.15) is 0 Å². The SMILES string of the molecule is CCCCCCCCCCCCCCCCCCc1n(CCCCCCCCCCCCCCCC)cc[n+]1CCCCCCCCCCCCCCC. The van der Waals surface area contributed by atoms with Crippen molar-refractivity contribution in [3.05, 3.63) is 18.2 Å². The van der Waals surface area contributed by atoms with Gasteiger partial charge >= 0.3 is 0 Å². The number of nitrogens with zero attached hydrogens (tertiary/aromatic N) is 2. The van der Waals surface area contributed by atoms with Crippen LogP contribution in [0.3, 0.4) is 0 Å². The fraction of sp³-hybridized carbons (Fsp3) is 0.942. The lowest BCUT2D eigenvalue weighted by Gasteiger charge is -2.07. The summed E-state index contributed by atoms with van der Waals surface area (Å²) in [6.45, 7) is 9.42. The van der Waals surface area contributed by atoms with E-state index in [4.69, 9.17) is 0 Å². The van der Waals surface area contributed by atoms with Gasteiger partial charge in [0, 0.05) is 6.42 Å². The minimum Gasteiger partial charge on any atom is -0.234 e. The molecule has 0 spiro atoms. The van der Waals surface area contributed by atoms with Crippen molar-refractivity contribution in [3.8, 4) is 0 Å². The van der Waals surface area contributed by atoms with E-state index in [2.05, 4.69) is 42.3 Å². The lowest BCUT2D eigenvalue weighted by molar-refractivity contribution is -0.704. The summed E-state index contributed by atoms with van der Waals surface area (Å²) in [6.07, 6.45) is 68.3. The van der Waals surface area contributed by atoms with E-state index in [0.717, 1.165) is 0 Å². The van der Waals surface area contributed by atoms with Crippen LogP contribution in [0.15, 0.2) is 12.4 Å². The molecule has 0 saturated carbocycles. The Kier molecular flexibility index (Phi) is 41.1. The molecular weight excluding hydrogens is 653 g/mol. The second kappa shape index (κ2) is 43.3. The van der Waals surface area contributed by atoms with Crippen molar-refractivity contribution >= 4 is 0 Å². The summed E-state index contributed by atoms with van der Waals surface area (Å²) in [5.41, 5.74) is 0. The first kappa shape index (κ1) is 51.2. The highest BCUT2D eigenvalue weighted by Crippen LogP contribution is 2.17. The Balaban J connectivity index is 2.26. The minimum absolute atomic E-state index is 1.23. The van der Waals surface area contributed by atoms with Gasteiger partial charge in [-0.15, -0.1) is 0 Å². The molecule has 1 rings (SSSR count). The lowest BCUT2D eigenvalue weighted by atomic mass is 10.0. The number of aryl methyl sites for hydroxylation is 2. The molecule has 0 unspecified atom stereocenters. The molecule has 2 heteroatoms. The summed E-state index contributed by atoms with van der Waals surface area (Å²) in [7, 11) is 0. The van der Waals surface area contributed by atoms with Crippen molar-refractivity contribution in [2.75, 3.05) is 0 Å². The Bertz CT molecular complexity index is 826. The van der Waals surface area contributed by atoms with E-state index in [1.54, 1.807) is 5.82 Å². The number of hydrogen-bond donors (Lipinski definition) is 0. The predicted octanol–water partition coefficient (Wildman–Crippen LogP) is 18.2. The molecule has 0 radical (unpaired) electrons. The molecule has 0 aliphatic carbocycles. The largest absolute Gasteiger partial charge is 0.256 e. The maximum absolute atomic E-state index is 2.66. The fourth-order valence-electron chi connectivity index (χ4n) is 8.80. The molecule has 0 aliphatic heterocycles. The van der Waals surface area contributed by atoms with E-state index in [-0.39, 0.29) is 0 Å². The third kappa shape index (κ3) is 34.5. The van der Waals surface area contributed by atoms with Crippen LogP contribution in [0.5, 0.6) is 0 Å². The lowest BCUT2D eigenvalue weighted by Crippen LogP contribution is -2.37. The van der Waals surface area contributed by atoms with Crippen LogP contribution in [-0.4, -0.2) is 4.57 Å². The number of hydrogen-bond acceptors (Lipinski definition) is 0. The van der Waals surface area contributed by atoms with Gasteiger partial charge in [-0.3, -0.25) is 0 Å². The molecule has 0 saturated heterocycles. The minimum atomic E-state index is 1.23. The molecule has 0 atom stereocenters. The zero-order valence-electron chi connectivity index (χ0n) is 38.1. The van der Waals surface area contributed by atoms with E-state index < -0.39 is 0 Å². The van der Waals surface area contributed by atoms with E-state index in [1.165, 1.54) is 296 Å². The fourth-order valence-corrected chi connectivity index (χ4v) is 8.80. The molecule has 0 aliphatic rings. The third-order valence-corrected chi connectivity index (χ3v) is 12.6. The maximum atomic E-state index is 2.66. The number of rotatable bonds is 46. The molecular formula is C52H103N2+. The normalized spacial score (nSPS) is 11.7. The quantitative estimate of drug-likeness (QED) is 0.0463. The average Bonchev–Trinajstić information content (AvgIpc) is 3.57. The first-order valence-electron chi connectivity index (χ1n) is 25.9. The summed E-state index contributed by atoms with van der Waals surface area (Å²) < 4.78 is 5.32. The monoisotopic (exact) mass is 756 g/mol. The first-order valence-corrected chi connectivity index (χ1v) is 25.9. The summed E-state index contributed by atoms with van der Waals surface area (Å²) in [5.74, 6) is 1.63. The Morgan fingerprint density at radius 1 is 0.315 bits per heavy atom. The van der Waals surface area contributed by atoms with Crippen LogP contribution in [-0.2, 0) is 19.5 Å². The van der Waals surface area contributed by atoms with Crippen LogP contribution in [0.25, 0.3) is 0 Å². The van der Waals surface area contributed by atoms with Gasteiger partial charge in [0.15, 0.2) is 0 Å². The first-order chi connectivity index (χ1) is 26.8. The van der Waals surface area contributed by atoms with Crippen LogP contribution in [0.4, 0.5) is 0 Å². The zero-order chi connectivity index (χ0) is 38.7. The molecule has 320 valence electrons. The van der Waals surface area contributed by atoms with Crippen LogP contribution in [0.1, 0.15) is 303 Å². The standard InChI is InChI=1S/C52H103N2/c1-4-7-10-13-16-19-22-25-27-28-29-32-35-38-41-44-47-52-53(48-45-42-39-36-33-30-24-21-18-15-12-9-6-3)50-51-54(52)49-46-43-40-37-34-31-26-23-20-17-14-11-8-5-2/h50-51H,4-49H2,1-3H3/q+1. The van der Waals surface area contributed by atoms with Gasteiger partial charge in [0.05, 0.1) is 13.1 Å². The van der Waals surface area contributed by atoms with Crippen molar-refractivity contribution in [2.45, 2.75) is 316 Å². The van der Waals surface area contributed by atoms with E-state index >= 15 is 0 Å². The summed E-state index contributed by atoms with van der Waals surface area (Å²) in [6, 6.07) is 0.